The Bertz CT molecular complexity index is 588. The van der Waals surface area contributed by atoms with Crippen LogP contribution < -0.4 is 10.2 Å². The number of carboxylic acid groups (broad SMARTS) is 1. The fraction of sp³-hybridized carbons (Fsp3) is 0.467. The smallest absolute Gasteiger partial charge is 0.326 e. The van der Waals surface area contributed by atoms with Gasteiger partial charge >= 0.3 is 5.97 Å². The van der Waals surface area contributed by atoms with Gasteiger partial charge in [-0.1, -0.05) is 6.07 Å². The molecule has 1 unspecified atom stereocenters. The van der Waals surface area contributed by atoms with E-state index >= 15 is 0 Å². The van der Waals surface area contributed by atoms with Gasteiger partial charge in [-0.25, -0.2) is 9.18 Å². The zero-order valence-corrected chi connectivity index (χ0v) is 11.7. The molecule has 2 N–H and O–H groups in total. The number of halogens is 1. The Hall–Kier alpha value is -2.11. The van der Waals surface area contributed by atoms with Crippen molar-refractivity contribution in [1.82, 2.24) is 5.32 Å². The van der Waals surface area contributed by atoms with Crippen molar-refractivity contribution in [3.63, 3.8) is 0 Å². The summed E-state index contributed by atoms with van der Waals surface area (Å²) in [7, 11) is 0. The average Bonchev–Trinajstić information content (AvgIpc) is 2.97. The summed E-state index contributed by atoms with van der Waals surface area (Å²) in [5.74, 6) is -0.691. The lowest BCUT2D eigenvalue weighted by atomic mass is 10.1. The van der Waals surface area contributed by atoms with Crippen LogP contribution in [0, 0.1) is 5.82 Å². The van der Waals surface area contributed by atoms with E-state index in [0.717, 1.165) is 19.4 Å². The van der Waals surface area contributed by atoms with Crippen LogP contribution in [0.25, 0.3) is 0 Å². The Kier molecular flexibility index (Phi) is 3.77. The number of carboxylic acids is 1. The van der Waals surface area contributed by atoms with Crippen LogP contribution in [-0.4, -0.2) is 42.6 Å². The number of nitrogens with zero attached hydrogens (tertiary/aromatic N) is 2. The zero-order valence-electron chi connectivity index (χ0n) is 11.7. The van der Waals surface area contributed by atoms with Gasteiger partial charge in [-0.2, -0.15) is 0 Å². The molecule has 2 aliphatic rings. The Balaban J connectivity index is 2.04. The van der Waals surface area contributed by atoms with Crippen LogP contribution in [0.3, 0.4) is 0 Å². The molecule has 2 aliphatic heterocycles. The van der Waals surface area contributed by atoms with Gasteiger partial charge in [-0.15, -0.1) is 0 Å². The standard InChI is InChI=1S/C15H18FN3O2/c16-10-4-1-5-11(13(10)14-17-7-3-8-18-14)19-9-2-6-12(19)15(20)21/h1,4-5,12H,2-3,6-9H2,(H,17,18)(H,20,21). The average molecular weight is 291 g/mol. The minimum Gasteiger partial charge on any atom is -0.480 e. The molecule has 0 aliphatic carbocycles. The molecule has 3 rings (SSSR count). The van der Waals surface area contributed by atoms with Crippen molar-refractivity contribution in [3.05, 3.63) is 29.6 Å². The van der Waals surface area contributed by atoms with Crippen LogP contribution in [0.15, 0.2) is 23.2 Å². The molecule has 2 heterocycles. The summed E-state index contributed by atoms with van der Waals surface area (Å²) >= 11 is 0. The quantitative estimate of drug-likeness (QED) is 0.888. The second kappa shape index (κ2) is 5.71. The van der Waals surface area contributed by atoms with E-state index in [0.29, 0.717) is 36.6 Å². The van der Waals surface area contributed by atoms with Crippen molar-refractivity contribution in [2.45, 2.75) is 25.3 Å². The first kappa shape index (κ1) is 13.9. The van der Waals surface area contributed by atoms with Crippen molar-refractivity contribution in [2.75, 3.05) is 24.5 Å². The van der Waals surface area contributed by atoms with Gasteiger partial charge in [-0.05, 0) is 31.4 Å². The highest BCUT2D eigenvalue weighted by molar-refractivity contribution is 6.04. The van der Waals surface area contributed by atoms with Crippen molar-refractivity contribution in [1.29, 1.82) is 0 Å². The zero-order chi connectivity index (χ0) is 14.8. The summed E-state index contributed by atoms with van der Waals surface area (Å²) in [6.45, 7) is 2.05. The first-order valence-corrected chi connectivity index (χ1v) is 7.25. The molecule has 0 aromatic heterocycles. The highest BCUT2D eigenvalue weighted by Gasteiger charge is 2.33. The summed E-state index contributed by atoms with van der Waals surface area (Å²) < 4.78 is 14.3. The van der Waals surface area contributed by atoms with E-state index in [1.807, 2.05) is 0 Å². The van der Waals surface area contributed by atoms with E-state index in [1.165, 1.54) is 6.07 Å². The third-order valence-electron chi connectivity index (χ3n) is 3.97. The Morgan fingerprint density at radius 2 is 2.29 bits per heavy atom. The van der Waals surface area contributed by atoms with Gasteiger partial charge in [0.05, 0.1) is 11.3 Å². The predicted molar refractivity (Wildman–Crippen MR) is 78.4 cm³/mol. The number of hydrogen-bond acceptors (Lipinski definition) is 4. The molecule has 5 nitrogen and oxygen atoms in total. The van der Waals surface area contributed by atoms with Crippen molar-refractivity contribution >= 4 is 17.5 Å². The number of aliphatic imine (C=N–C) groups is 1. The Morgan fingerprint density at radius 1 is 1.43 bits per heavy atom. The van der Waals surface area contributed by atoms with Gasteiger partial charge in [0.25, 0.3) is 0 Å². The number of amidine groups is 1. The number of hydrogen-bond donors (Lipinski definition) is 2. The van der Waals surface area contributed by atoms with E-state index in [2.05, 4.69) is 10.3 Å². The normalized spacial score (nSPS) is 21.9. The highest BCUT2D eigenvalue weighted by atomic mass is 19.1. The highest BCUT2D eigenvalue weighted by Crippen LogP contribution is 2.31. The van der Waals surface area contributed by atoms with E-state index < -0.39 is 12.0 Å². The minimum atomic E-state index is -0.860. The van der Waals surface area contributed by atoms with E-state index in [1.54, 1.807) is 17.0 Å². The third-order valence-corrected chi connectivity index (χ3v) is 3.97. The van der Waals surface area contributed by atoms with Crippen LogP contribution >= 0.6 is 0 Å². The van der Waals surface area contributed by atoms with Crippen LogP contribution in [0.2, 0.25) is 0 Å². The first-order valence-electron chi connectivity index (χ1n) is 7.25. The summed E-state index contributed by atoms with van der Waals surface area (Å²) in [6.07, 6.45) is 2.31. The number of rotatable bonds is 3. The van der Waals surface area contributed by atoms with E-state index in [-0.39, 0.29) is 5.82 Å². The SMILES string of the molecule is O=C(O)C1CCCN1c1cccc(F)c1C1=NCCCN1. The summed E-state index contributed by atoms with van der Waals surface area (Å²) in [5, 5.41) is 12.5. The van der Waals surface area contributed by atoms with Gasteiger partial charge in [0.15, 0.2) is 0 Å². The predicted octanol–water partition coefficient (Wildman–Crippen LogP) is 1.62. The second-order valence-electron chi connectivity index (χ2n) is 5.33. The van der Waals surface area contributed by atoms with Crippen molar-refractivity contribution in [3.8, 4) is 0 Å². The molecule has 0 spiro atoms. The lowest BCUT2D eigenvalue weighted by Gasteiger charge is -2.27. The maximum absolute atomic E-state index is 14.3. The number of nitrogens with one attached hydrogen (secondary N) is 1. The molecular weight excluding hydrogens is 273 g/mol. The summed E-state index contributed by atoms with van der Waals surface area (Å²) in [6, 6.07) is 4.20. The molecule has 0 amide bonds. The monoisotopic (exact) mass is 291 g/mol. The van der Waals surface area contributed by atoms with E-state index in [9.17, 15) is 14.3 Å². The molecule has 1 atom stereocenters. The van der Waals surface area contributed by atoms with Crippen molar-refractivity contribution in [2.24, 2.45) is 4.99 Å². The van der Waals surface area contributed by atoms with Gasteiger partial charge in [0, 0.05) is 19.6 Å². The van der Waals surface area contributed by atoms with Gasteiger partial charge in [-0.3, -0.25) is 4.99 Å². The fourth-order valence-corrected chi connectivity index (χ4v) is 3.00. The molecule has 21 heavy (non-hydrogen) atoms. The maximum atomic E-state index is 14.3. The first-order chi connectivity index (χ1) is 10.2. The Morgan fingerprint density at radius 3 is 3.00 bits per heavy atom. The molecule has 0 bridgehead atoms. The number of carbonyl (C=O) groups is 1. The number of benzene rings is 1. The number of aliphatic carboxylic acids is 1. The molecule has 1 aromatic rings. The van der Waals surface area contributed by atoms with Crippen LogP contribution in [0.5, 0.6) is 0 Å². The van der Waals surface area contributed by atoms with Crippen LogP contribution in [-0.2, 0) is 4.79 Å². The van der Waals surface area contributed by atoms with E-state index in [4.69, 9.17) is 0 Å². The van der Waals surface area contributed by atoms with Gasteiger partial charge in [0.1, 0.15) is 17.7 Å². The van der Waals surface area contributed by atoms with Gasteiger partial charge in [0.2, 0.25) is 0 Å². The topological polar surface area (TPSA) is 64.9 Å². The Labute approximate surface area is 122 Å². The summed E-state index contributed by atoms with van der Waals surface area (Å²) in [5.41, 5.74) is 1.01. The van der Waals surface area contributed by atoms with Crippen LogP contribution in [0.4, 0.5) is 10.1 Å². The molecule has 112 valence electrons. The molecule has 6 heteroatoms. The largest absolute Gasteiger partial charge is 0.480 e. The molecule has 0 radical (unpaired) electrons. The van der Waals surface area contributed by atoms with Gasteiger partial charge < -0.3 is 15.3 Å². The third kappa shape index (κ3) is 2.57. The summed E-state index contributed by atoms with van der Waals surface area (Å²) in [4.78, 5) is 17.5. The molecule has 1 saturated heterocycles. The van der Waals surface area contributed by atoms with Crippen molar-refractivity contribution < 1.29 is 14.3 Å². The molecule has 0 saturated carbocycles. The maximum Gasteiger partial charge on any atom is 0.326 e. The molecule has 1 fully saturated rings. The lowest BCUT2D eigenvalue weighted by molar-refractivity contribution is -0.138. The minimum absolute atomic E-state index is 0.364. The molecular formula is C15H18FN3O2. The lowest BCUT2D eigenvalue weighted by Crippen LogP contribution is -2.39. The number of anilines is 1. The molecule has 1 aromatic carbocycles. The second-order valence-corrected chi connectivity index (χ2v) is 5.33. The fourth-order valence-electron chi connectivity index (χ4n) is 3.00. The van der Waals surface area contributed by atoms with Crippen LogP contribution in [0.1, 0.15) is 24.8 Å².